The van der Waals surface area contributed by atoms with E-state index in [1.807, 2.05) is 42.5 Å². The summed E-state index contributed by atoms with van der Waals surface area (Å²) in [7, 11) is 1.59. The molecule has 0 saturated carbocycles. The van der Waals surface area contributed by atoms with E-state index in [4.69, 9.17) is 9.47 Å². The number of ether oxygens (including phenoxy) is 2. The van der Waals surface area contributed by atoms with Gasteiger partial charge in [0, 0.05) is 0 Å². The van der Waals surface area contributed by atoms with Crippen molar-refractivity contribution in [2.45, 2.75) is 13.3 Å². The Balaban J connectivity index is 2.04. The molecule has 0 spiro atoms. The van der Waals surface area contributed by atoms with E-state index in [0.29, 0.717) is 12.3 Å². The summed E-state index contributed by atoms with van der Waals surface area (Å²) in [6.07, 6.45) is 0.191. The van der Waals surface area contributed by atoms with Gasteiger partial charge in [-0.25, -0.2) is 0 Å². The molecular weight excluding hydrogens is 320 g/mol. The van der Waals surface area contributed by atoms with E-state index >= 15 is 0 Å². The van der Waals surface area contributed by atoms with E-state index in [1.54, 1.807) is 26.2 Å². The Morgan fingerprint density at radius 1 is 1.04 bits per heavy atom. The average molecular weight is 342 g/mol. The first kappa shape index (κ1) is 18.3. The number of methoxy groups -OCH3 is 1. The van der Waals surface area contributed by atoms with Gasteiger partial charge < -0.3 is 9.47 Å². The third kappa shape index (κ3) is 5.84. The van der Waals surface area contributed by atoms with Crippen molar-refractivity contribution in [2.24, 2.45) is 0 Å². The van der Waals surface area contributed by atoms with Crippen molar-refractivity contribution < 1.29 is 19.1 Å². The molecule has 0 saturated heterocycles. The molecule has 2 rings (SSSR count). The lowest BCUT2D eigenvalue weighted by Gasteiger charge is -2.24. The van der Waals surface area contributed by atoms with Gasteiger partial charge in [0.15, 0.2) is 0 Å². The Labute approximate surface area is 147 Å². The molecule has 0 aromatic heterocycles. The molecule has 6 nitrogen and oxygen atoms in total. The molecule has 0 aliphatic heterocycles. The summed E-state index contributed by atoms with van der Waals surface area (Å²) in [6, 6.07) is 16.4. The van der Waals surface area contributed by atoms with Crippen LogP contribution in [0.1, 0.15) is 12.5 Å². The number of hydrazine groups is 1. The molecule has 25 heavy (non-hydrogen) atoms. The first-order valence-corrected chi connectivity index (χ1v) is 8.03. The molecule has 0 bridgehead atoms. The second-order valence-electron chi connectivity index (χ2n) is 5.29. The maximum absolute atomic E-state index is 12.4. The SMILES string of the molecule is CCOC(=O)CN(NC(=O)Cc1ccc(OC)cc1)c1ccccc1. The minimum atomic E-state index is -0.406. The highest BCUT2D eigenvalue weighted by atomic mass is 16.5. The topological polar surface area (TPSA) is 67.9 Å². The summed E-state index contributed by atoms with van der Waals surface area (Å²) in [4.78, 5) is 24.2. The van der Waals surface area contributed by atoms with Gasteiger partial charge in [0.05, 0.1) is 25.8 Å². The minimum absolute atomic E-state index is 0.0633. The van der Waals surface area contributed by atoms with Gasteiger partial charge in [-0.15, -0.1) is 0 Å². The van der Waals surface area contributed by atoms with Gasteiger partial charge in [-0.2, -0.15) is 0 Å². The normalized spacial score (nSPS) is 10.0. The Bertz CT molecular complexity index is 686. The van der Waals surface area contributed by atoms with Gasteiger partial charge in [0.25, 0.3) is 0 Å². The summed E-state index contributed by atoms with van der Waals surface area (Å²) in [6.45, 7) is 1.97. The largest absolute Gasteiger partial charge is 0.497 e. The van der Waals surface area contributed by atoms with Crippen LogP contribution in [0, 0.1) is 0 Å². The monoisotopic (exact) mass is 342 g/mol. The third-order valence-electron chi connectivity index (χ3n) is 3.44. The summed E-state index contributed by atoms with van der Waals surface area (Å²) >= 11 is 0. The zero-order valence-electron chi connectivity index (χ0n) is 14.4. The number of nitrogens with one attached hydrogen (secondary N) is 1. The second kappa shape index (κ2) is 9.32. The van der Waals surface area contributed by atoms with E-state index < -0.39 is 5.97 Å². The van der Waals surface area contributed by atoms with Gasteiger partial charge in [-0.3, -0.25) is 20.0 Å². The number of anilines is 1. The van der Waals surface area contributed by atoms with Crippen LogP contribution < -0.4 is 15.2 Å². The summed E-state index contributed by atoms with van der Waals surface area (Å²) in [5.74, 6) is 0.104. The Hall–Kier alpha value is -3.02. The van der Waals surface area contributed by atoms with Crippen molar-refractivity contribution >= 4 is 17.6 Å². The van der Waals surface area contributed by atoms with Crippen LogP contribution in [0.4, 0.5) is 5.69 Å². The summed E-state index contributed by atoms with van der Waals surface area (Å²) < 4.78 is 10.1. The highest BCUT2D eigenvalue weighted by Crippen LogP contribution is 2.13. The molecule has 0 unspecified atom stereocenters. The Morgan fingerprint density at radius 2 is 1.72 bits per heavy atom. The molecule has 0 aliphatic rings. The molecule has 0 aliphatic carbocycles. The summed E-state index contributed by atoms with van der Waals surface area (Å²) in [5, 5.41) is 1.49. The number of carbonyl (C=O) groups is 2. The average Bonchev–Trinajstić information content (AvgIpc) is 2.63. The quantitative estimate of drug-likeness (QED) is 0.589. The molecule has 1 N–H and O–H groups in total. The van der Waals surface area contributed by atoms with Crippen LogP contribution in [0.25, 0.3) is 0 Å². The zero-order valence-corrected chi connectivity index (χ0v) is 14.4. The first-order valence-electron chi connectivity index (χ1n) is 8.03. The number of esters is 1. The van der Waals surface area contributed by atoms with Crippen molar-refractivity contribution in [3.05, 3.63) is 60.2 Å². The van der Waals surface area contributed by atoms with Gasteiger partial charge in [-0.1, -0.05) is 30.3 Å². The Morgan fingerprint density at radius 3 is 2.32 bits per heavy atom. The van der Waals surface area contributed by atoms with E-state index in [1.165, 1.54) is 5.01 Å². The van der Waals surface area contributed by atoms with Crippen LogP contribution in [0.15, 0.2) is 54.6 Å². The van der Waals surface area contributed by atoms with Gasteiger partial charge in [-0.05, 0) is 36.8 Å². The minimum Gasteiger partial charge on any atom is -0.497 e. The zero-order chi connectivity index (χ0) is 18.1. The van der Waals surface area contributed by atoms with Crippen molar-refractivity contribution in [3.63, 3.8) is 0 Å². The number of carbonyl (C=O) groups excluding carboxylic acids is 2. The van der Waals surface area contributed by atoms with Crippen LogP contribution in [-0.4, -0.2) is 32.1 Å². The molecule has 132 valence electrons. The predicted molar refractivity (Wildman–Crippen MR) is 95.3 cm³/mol. The first-order chi connectivity index (χ1) is 12.1. The lowest BCUT2D eigenvalue weighted by atomic mass is 10.1. The van der Waals surface area contributed by atoms with Gasteiger partial charge in [0.2, 0.25) is 5.91 Å². The van der Waals surface area contributed by atoms with Crippen molar-refractivity contribution in [2.75, 3.05) is 25.3 Å². The smallest absolute Gasteiger partial charge is 0.327 e. The molecule has 2 aromatic carbocycles. The molecule has 0 atom stereocenters. The Kier molecular flexibility index (Phi) is 6.83. The van der Waals surface area contributed by atoms with Crippen LogP contribution in [0.2, 0.25) is 0 Å². The number of benzene rings is 2. The predicted octanol–water partition coefficient (Wildman–Crippen LogP) is 2.34. The number of rotatable bonds is 8. The van der Waals surface area contributed by atoms with E-state index in [2.05, 4.69) is 5.43 Å². The number of para-hydroxylation sites is 1. The van der Waals surface area contributed by atoms with Gasteiger partial charge in [0.1, 0.15) is 12.3 Å². The van der Waals surface area contributed by atoms with E-state index in [9.17, 15) is 9.59 Å². The maximum atomic E-state index is 12.4. The molecule has 0 radical (unpaired) electrons. The lowest BCUT2D eigenvalue weighted by Crippen LogP contribution is -2.46. The number of hydrogen-bond acceptors (Lipinski definition) is 5. The van der Waals surface area contributed by atoms with Gasteiger partial charge >= 0.3 is 5.97 Å². The highest BCUT2D eigenvalue weighted by Gasteiger charge is 2.15. The number of amides is 1. The number of hydrogen-bond donors (Lipinski definition) is 1. The molecule has 0 heterocycles. The third-order valence-corrected chi connectivity index (χ3v) is 3.44. The highest BCUT2D eigenvalue weighted by molar-refractivity contribution is 5.83. The number of nitrogens with zero attached hydrogens (tertiary/aromatic N) is 1. The molecule has 1 amide bonds. The standard InChI is InChI=1S/C19H22N2O4/c1-3-25-19(23)14-21(16-7-5-4-6-8-16)20-18(22)13-15-9-11-17(24-2)12-10-15/h4-12H,3,13-14H2,1-2H3,(H,20,22). The fraction of sp³-hybridized carbons (Fsp3) is 0.263. The molecule has 6 heteroatoms. The van der Waals surface area contributed by atoms with Crippen molar-refractivity contribution in [1.29, 1.82) is 0 Å². The molecular formula is C19H22N2O4. The van der Waals surface area contributed by atoms with Crippen molar-refractivity contribution in [3.8, 4) is 5.75 Å². The van der Waals surface area contributed by atoms with Crippen LogP contribution in [0.5, 0.6) is 5.75 Å². The fourth-order valence-electron chi connectivity index (χ4n) is 2.26. The lowest BCUT2D eigenvalue weighted by molar-refractivity contribution is -0.141. The maximum Gasteiger partial charge on any atom is 0.327 e. The van der Waals surface area contributed by atoms with E-state index in [-0.39, 0.29) is 18.9 Å². The van der Waals surface area contributed by atoms with Crippen LogP contribution in [0.3, 0.4) is 0 Å². The summed E-state index contributed by atoms with van der Waals surface area (Å²) in [5.41, 5.74) is 4.32. The van der Waals surface area contributed by atoms with E-state index in [0.717, 1.165) is 11.3 Å². The fourth-order valence-corrected chi connectivity index (χ4v) is 2.26. The van der Waals surface area contributed by atoms with Crippen LogP contribution in [-0.2, 0) is 20.7 Å². The van der Waals surface area contributed by atoms with Crippen molar-refractivity contribution in [1.82, 2.24) is 5.43 Å². The van der Waals surface area contributed by atoms with Crippen LogP contribution >= 0.6 is 0 Å². The second-order valence-corrected chi connectivity index (χ2v) is 5.29. The molecule has 2 aromatic rings. The molecule has 0 fully saturated rings.